The zero-order valence-electron chi connectivity index (χ0n) is 20.3. The molecule has 2 fully saturated rings. The SMILES string of the molecule is CN(C)c1nc(/C=C/c2nc(N3CCCC3)cc(N(C)C3CCOCC3)n2)nc2ccccc12. The van der Waals surface area contributed by atoms with E-state index in [9.17, 15) is 0 Å². The largest absolute Gasteiger partial charge is 0.381 e. The fourth-order valence-corrected chi connectivity index (χ4v) is 4.70. The molecule has 5 rings (SSSR count). The van der Waals surface area contributed by atoms with Gasteiger partial charge in [0.15, 0.2) is 11.6 Å². The van der Waals surface area contributed by atoms with Crippen molar-refractivity contribution in [2.45, 2.75) is 31.7 Å². The Bertz CT molecular complexity index is 1170. The Morgan fingerprint density at radius 3 is 2.35 bits per heavy atom. The third-order valence-corrected chi connectivity index (χ3v) is 6.65. The van der Waals surface area contributed by atoms with Gasteiger partial charge >= 0.3 is 0 Å². The van der Waals surface area contributed by atoms with Crippen molar-refractivity contribution < 1.29 is 4.74 Å². The average Bonchev–Trinajstić information content (AvgIpc) is 3.42. The van der Waals surface area contributed by atoms with E-state index in [1.165, 1.54) is 12.8 Å². The number of nitrogens with zero attached hydrogens (tertiary/aromatic N) is 7. The van der Waals surface area contributed by atoms with Gasteiger partial charge in [-0.1, -0.05) is 12.1 Å². The van der Waals surface area contributed by atoms with Gasteiger partial charge in [0.1, 0.15) is 17.5 Å². The van der Waals surface area contributed by atoms with Crippen LogP contribution in [-0.4, -0.2) is 73.4 Å². The van der Waals surface area contributed by atoms with Crippen LogP contribution in [0, 0.1) is 0 Å². The fraction of sp³-hybridized carbons (Fsp3) is 0.462. The lowest BCUT2D eigenvalue weighted by Gasteiger charge is -2.32. The van der Waals surface area contributed by atoms with E-state index < -0.39 is 0 Å². The molecule has 8 nitrogen and oxygen atoms in total. The molecule has 0 N–H and O–H groups in total. The molecule has 34 heavy (non-hydrogen) atoms. The summed E-state index contributed by atoms with van der Waals surface area (Å²) in [6, 6.07) is 10.7. The second-order valence-corrected chi connectivity index (χ2v) is 9.24. The summed E-state index contributed by atoms with van der Waals surface area (Å²) >= 11 is 0. The molecule has 0 saturated carbocycles. The van der Waals surface area contributed by atoms with Crippen molar-refractivity contribution in [2.75, 3.05) is 62.1 Å². The lowest BCUT2D eigenvalue weighted by atomic mass is 10.1. The molecule has 2 aromatic heterocycles. The number of para-hydroxylation sites is 1. The summed E-state index contributed by atoms with van der Waals surface area (Å²) in [6.45, 7) is 3.69. The maximum absolute atomic E-state index is 5.56. The van der Waals surface area contributed by atoms with E-state index in [-0.39, 0.29) is 0 Å². The minimum absolute atomic E-state index is 0.429. The van der Waals surface area contributed by atoms with Gasteiger partial charge in [-0.3, -0.25) is 0 Å². The number of rotatable bonds is 6. The molecule has 3 aromatic rings. The molecule has 4 heterocycles. The van der Waals surface area contributed by atoms with Crippen LogP contribution in [0.3, 0.4) is 0 Å². The molecule has 8 heteroatoms. The van der Waals surface area contributed by atoms with E-state index in [0.29, 0.717) is 17.7 Å². The Labute approximate surface area is 201 Å². The van der Waals surface area contributed by atoms with Crippen LogP contribution in [0.1, 0.15) is 37.3 Å². The van der Waals surface area contributed by atoms with Crippen LogP contribution in [0.2, 0.25) is 0 Å². The first-order valence-corrected chi connectivity index (χ1v) is 12.2. The van der Waals surface area contributed by atoms with Crippen LogP contribution in [0.5, 0.6) is 0 Å². The third-order valence-electron chi connectivity index (χ3n) is 6.65. The zero-order valence-corrected chi connectivity index (χ0v) is 20.3. The first kappa shape index (κ1) is 22.5. The molecule has 2 saturated heterocycles. The summed E-state index contributed by atoms with van der Waals surface area (Å²) in [4.78, 5) is 26.0. The van der Waals surface area contributed by atoms with Crippen molar-refractivity contribution in [3.05, 3.63) is 42.0 Å². The Kier molecular flexibility index (Phi) is 6.58. The number of benzene rings is 1. The maximum atomic E-state index is 5.56. The zero-order chi connectivity index (χ0) is 23.5. The van der Waals surface area contributed by atoms with E-state index in [0.717, 1.165) is 67.5 Å². The summed E-state index contributed by atoms with van der Waals surface area (Å²) in [6.07, 6.45) is 8.30. The monoisotopic (exact) mass is 459 g/mol. The van der Waals surface area contributed by atoms with Crippen molar-refractivity contribution in [2.24, 2.45) is 0 Å². The summed E-state index contributed by atoms with van der Waals surface area (Å²) in [5.41, 5.74) is 0.924. The second kappa shape index (κ2) is 9.93. The van der Waals surface area contributed by atoms with Crippen molar-refractivity contribution >= 4 is 40.5 Å². The molecule has 2 aliphatic rings. The molecule has 0 unspecified atom stereocenters. The Morgan fingerprint density at radius 2 is 1.62 bits per heavy atom. The minimum atomic E-state index is 0.429. The van der Waals surface area contributed by atoms with E-state index in [1.54, 1.807) is 0 Å². The number of hydrogen-bond donors (Lipinski definition) is 0. The van der Waals surface area contributed by atoms with Crippen LogP contribution in [0.25, 0.3) is 23.1 Å². The van der Waals surface area contributed by atoms with E-state index in [1.807, 2.05) is 49.3 Å². The van der Waals surface area contributed by atoms with Crippen molar-refractivity contribution in [3.63, 3.8) is 0 Å². The number of fused-ring (bicyclic) bond motifs is 1. The van der Waals surface area contributed by atoms with E-state index in [2.05, 4.69) is 29.0 Å². The highest BCUT2D eigenvalue weighted by Crippen LogP contribution is 2.27. The van der Waals surface area contributed by atoms with Gasteiger partial charge < -0.3 is 19.4 Å². The summed E-state index contributed by atoms with van der Waals surface area (Å²) in [5, 5.41) is 1.04. The summed E-state index contributed by atoms with van der Waals surface area (Å²) < 4.78 is 5.56. The van der Waals surface area contributed by atoms with Crippen LogP contribution < -0.4 is 14.7 Å². The number of hydrogen-bond acceptors (Lipinski definition) is 8. The Morgan fingerprint density at radius 1 is 0.912 bits per heavy atom. The van der Waals surface area contributed by atoms with Gasteiger partial charge in [-0.05, 0) is 50.0 Å². The molecule has 1 aromatic carbocycles. The molecule has 0 spiro atoms. The molecule has 0 aliphatic carbocycles. The van der Waals surface area contributed by atoms with Crippen LogP contribution >= 0.6 is 0 Å². The Hall–Kier alpha value is -3.26. The standard InChI is InChI=1S/C26H33N7O/c1-31(2)26-20-8-4-5-9-21(20)27-22(30-26)10-11-23-28-24(32(3)19-12-16-34-17-13-19)18-25(29-23)33-14-6-7-15-33/h4-5,8-11,18-19H,6-7,12-17H2,1-3H3/b11-10+. The highest BCUT2D eigenvalue weighted by molar-refractivity contribution is 5.90. The van der Waals surface area contributed by atoms with Gasteiger partial charge in [0.25, 0.3) is 0 Å². The lowest BCUT2D eigenvalue weighted by molar-refractivity contribution is 0.0853. The van der Waals surface area contributed by atoms with Gasteiger partial charge in [-0.15, -0.1) is 0 Å². The number of anilines is 3. The lowest BCUT2D eigenvalue weighted by Crippen LogP contribution is -2.37. The fourth-order valence-electron chi connectivity index (χ4n) is 4.70. The van der Waals surface area contributed by atoms with Gasteiger partial charge in [0, 0.05) is 64.9 Å². The average molecular weight is 460 g/mol. The number of ether oxygens (including phenoxy) is 1. The van der Waals surface area contributed by atoms with Gasteiger partial charge in [0.2, 0.25) is 0 Å². The molecular weight excluding hydrogens is 426 g/mol. The molecule has 0 radical (unpaired) electrons. The van der Waals surface area contributed by atoms with Crippen LogP contribution in [0.15, 0.2) is 30.3 Å². The van der Waals surface area contributed by atoms with Crippen molar-refractivity contribution in [3.8, 4) is 0 Å². The third kappa shape index (κ3) is 4.82. The van der Waals surface area contributed by atoms with E-state index in [4.69, 9.17) is 24.7 Å². The minimum Gasteiger partial charge on any atom is -0.381 e. The predicted octanol–water partition coefficient (Wildman–Crippen LogP) is 3.87. The van der Waals surface area contributed by atoms with Crippen molar-refractivity contribution in [1.82, 2.24) is 19.9 Å². The van der Waals surface area contributed by atoms with Gasteiger partial charge in [-0.2, -0.15) is 0 Å². The highest BCUT2D eigenvalue weighted by Gasteiger charge is 2.22. The maximum Gasteiger partial charge on any atom is 0.156 e. The summed E-state index contributed by atoms with van der Waals surface area (Å²) in [7, 11) is 6.14. The molecule has 178 valence electrons. The molecular formula is C26H33N7O. The van der Waals surface area contributed by atoms with Gasteiger partial charge in [0.05, 0.1) is 5.52 Å². The second-order valence-electron chi connectivity index (χ2n) is 9.24. The normalized spacial score (nSPS) is 17.1. The van der Waals surface area contributed by atoms with Crippen LogP contribution in [0.4, 0.5) is 17.5 Å². The first-order chi connectivity index (χ1) is 16.6. The van der Waals surface area contributed by atoms with Crippen LogP contribution in [-0.2, 0) is 4.74 Å². The van der Waals surface area contributed by atoms with E-state index >= 15 is 0 Å². The Balaban J connectivity index is 1.49. The quantitative estimate of drug-likeness (QED) is 0.550. The van der Waals surface area contributed by atoms with Gasteiger partial charge in [-0.25, -0.2) is 19.9 Å². The predicted molar refractivity (Wildman–Crippen MR) is 139 cm³/mol. The topological polar surface area (TPSA) is 70.5 Å². The summed E-state index contributed by atoms with van der Waals surface area (Å²) in [5.74, 6) is 4.18. The first-order valence-electron chi connectivity index (χ1n) is 12.2. The molecule has 0 atom stereocenters. The highest BCUT2D eigenvalue weighted by atomic mass is 16.5. The smallest absolute Gasteiger partial charge is 0.156 e. The molecule has 0 bridgehead atoms. The molecule has 2 aliphatic heterocycles. The number of aromatic nitrogens is 4. The molecule has 0 amide bonds. The van der Waals surface area contributed by atoms with Crippen molar-refractivity contribution in [1.29, 1.82) is 0 Å².